The van der Waals surface area contributed by atoms with Crippen molar-refractivity contribution < 1.29 is 0 Å². The lowest BCUT2D eigenvalue weighted by atomic mass is 10.3. The van der Waals surface area contributed by atoms with Crippen LogP contribution in [-0.2, 0) is 6.54 Å². The Morgan fingerprint density at radius 2 is 2.33 bits per heavy atom. The largest absolute Gasteiger partial charge is 0.403 e. The Kier molecular flexibility index (Phi) is 4.26. The Bertz CT molecular complexity index is 432. The molecule has 0 saturated heterocycles. The number of aromatic nitrogens is 2. The number of nitriles is 1. The Labute approximate surface area is 91.9 Å². The quantitative estimate of drug-likeness (QED) is 0.611. The minimum absolute atomic E-state index is 0.270. The first kappa shape index (κ1) is 11.1. The maximum Gasteiger partial charge on any atom is 0.152 e. The van der Waals surface area contributed by atoms with Crippen LogP contribution < -0.4 is 5.73 Å². The molecule has 0 aliphatic heterocycles. The van der Waals surface area contributed by atoms with Crippen LogP contribution in [0, 0.1) is 11.3 Å². The fraction of sp³-hybridized carbons (Fsp3) is 0.111. The van der Waals surface area contributed by atoms with Crippen molar-refractivity contribution in [3.05, 3.63) is 35.0 Å². The molecule has 0 atom stereocenters. The average molecular weight is 222 g/mol. The first-order valence-corrected chi connectivity index (χ1v) is 4.43. The van der Waals surface area contributed by atoms with Crippen molar-refractivity contribution in [1.82, 2.24) is 9.97 Å². The van der Waals surface area contributed by atoms with Gasteiger partial charge in [-0.3, -0.25) is 9.98 Å². The SMILES string of the molecule is N#CC(C=NCc1nccnc1Cl)=CN. The summed E-state index contributed by atoms with van der Waals surface area (Å²) < 4.78 is 0. The van der Waals surface area contributed by atoms with Crippen LogP contribution in [0.4, 0.5) is 0 Å². The van der Waals surface area contributed by atoms with Crippen LogP contribution >= 0.6 is 11.6 Å². The van der Waals surface area contributed by atoms with Gasteiger partial charge in [-0.2, -0.15) is 5.26 Å². The standard InChI is InChI=1S/C9H8ClN5/c10-9-8(14-1-2-15-9)6-13-5-7(3-11)4-12/h1-3,5H,6,11H2. The second kappa shape index (κ2) is 5.73. The van der Waals surface area contributed by atoms with Crippen LogP contribution in [0.15, 0.2) is 29.2 Å². The van der Waals surface area contributed by atoms with E-state index in [0.717, 1.165) is 0 Å². The minimum atomic E-state index is 0.270. The summed E-state index contributed by atoms with van der Waals surface area (Å²) in [4.78, 5) is 11.8. The lowest BCUT2D eigenvalue weighted by Gasteiger charge is -1.96. The molecular weight excluding hydrogens is 214 g/mol. The van der Waals surface area contributed by atoms with Gasteiger partial charge in [0.2, 0.25) is 0 Å². The van der Waals surface area contributed by atoms with E-state index in [4.69, 9.17) is 22.6 Å². The van der Waals surface area contributed by atoms with Crippen LogP contribution in [0.1, 0.15) is 5.69 Å². The van der Waals surface area contributed by atoms with Gasteiger partial charge in [0, 0.05) is 24.8 Å². The molecule has 76 valence electrons. The van der Waals surface area contributed by atoms with Crippen LogP contribution in [-0.4, -0.2) is 16.2 Å². The van der Waals surface area contributed by atoms with E-state index in [1.807, 2.05) is 6.07 Å². The van der Waals surface area contributed by atoms with E-state index in [1.54, 1.807) is 0 Å². The molecule has 15 heavy (non-hydrogen) atoms. The number of allylic oxidation sites excluding steroid dienone is 1. The van der Waals surface area contributed by atoms with E-state index in [0.29, 0.717) is 10.8 Å². The molecule has 1 aromatic heterocycles. The van der Waals surface area contributed by atoms with Gasteiger partial charge in [0.05, 0.1) is 17.8 Å². The Morgan fingerprint density at radius 3 is 2.93 bits per heavy atom. The van der Waals surface area contributed by atoms with Gasteiger partial charge in [0.25, 0.3) is 0 Å². The second-order valence-electron chi connectivity index (χ2n) is 2.50. The Hall–Kier alpha value is -1.93. The monoisotopic (exact) mass is 221 g/mol. The summed E-state index contributed by atoms with van der Waals surface area (Å²) in [5.74, 6) is 0. The summed E-state index contributed by atoms with van der Waals surface area (Å²) in [7, 11) is 0. The van der Waals surface area contributed by atoms with Crippen molar-refractivity contribution in [2.45, 2.75) is 6.54 Å². The fourth-order valence-corrected chi connectivity index (χ4v) is 0.960. The van der Waals surface area contributed by atoms with Gasteiger partial charge in [0.1, 0.15) is 6.07 Å². The first-order valence-electron chi connectivity index (χ1n) is 4.05. The van der Waals surface area contributed by atoms with Gasteiger partial charge in [-0.15, -0.1) is 0 Å². The van der Waals surface area contributed by atoms with E-state index < -0.39 is 0 Å². The molecule has 0 bridgehead atoms. The molecule has 0 aromatic carbocycles. The molecule has 1 heterocycles. The molecule has 5 nitrogen and oxygen atoms in total. The van der Waals surface area contributed by atoms with Crippen molar-refractivity contribution in [3.8, 4) is 6.07 Å². The van der Waals surface area contributed by atoms with E-state index in [9.17, 15) is 0 Å². The number of nitrogens with two attached hydrogens (primary N) is 1. The summed E-state index contributed by atoms with van der Waals surface area (Å²) in [6, 6.07) is 1.87. The molecule has 0 aliphatic carbocycles. The molecular formula is C9H8ClN5. The molecule has 1 aromatic rings. The van der Waals surface area contributed by atoms with Gasteiger partial charge >= 0.3 is 0 Å². The highest BCUT2D eigenvalue weighted by Gasteiger charge is 1.99. The van der Waals surface area contributed by atoms with Gasteiger partial charge in [-0.1, -0.05) is 11.6 Å². The van der Waals surface area contributed by atoms with E-state index >= 15 is 0 Å². The van der Waals surface area contributed by atoms with Crippen molar-refractivity contribution in [3.63, 3.8) is 0 Å². The summed E-state index contributed by atoms with van der Waals surface area (Å²) in [6.45, 7) is 0.270. The zero-order chi connectivity index (χ0) is 11.1. The topological polar surface area (TPSA) is 88.0 Å². The molecule has 0 fully saturated rings. The first-order chi connectivity index (χ1) is 7.27. The van der Waals surface area contributed by atoms with Crippen LogP contribution in [0.3, 0.4) is 0 Å². The second-order valence-corrected chi connectivity index (χ2v) is 2.86. The zero-order valence-corrected chi connectivity index (χ0v) is 8.52. The summed E-state index contributed by atoms with van der Waals surface area (Å²) in [5, 5.41) is 8.84. The normalized spacial score (nSPS) is 11.6. The third-order valence-electron chi connectivity index (χ3n) is 1.50. The van der Waals surface area contributed by atoms with Crippen molar-refractivity contribution in [2.75, 3.05) is 0 Å². The van der Waals surface area contributed by atoms with Crippen molar-refractivity contribution in [2.24, 2.45) is 10.7 Å². The summed E-state index contributed by atoms with van der Waals surface area (Å²) in [6.07, 6.45) is 5.57. The predicted octanol–water partition coefficient (Wildman–Crippen LogP) is 1.07. The van der Waals surface area contributed by atoms with Crippen LogP contribution in [0.5, 0.6) is 0 Å². The molecule has 0 spiro atoms. The molecule has 0 saturated carbocycles. The molecule has 6 heteroatoms. The van der Waals surface area contributed by atoms with E-state index in [1.165, 1.54) is 24.8 Å². The zero-order valence-electron chi connectivity index (χ0n) is 7.76. The highest BCUT2D eigenvalue weighted by atomic mass is 35.5. The number of halogens is 1. The summed E-state index contributed by atoms with van der Waals surface area (Å²) >= 11 is 5.76. The van der Waals surface area contributed by atoms with E-state index in [2.05, 4.69) is 15.0 Å². The van der Waals surface area contributed by atoms with Crippen LogP contribution in [0.2, 0.25) is 5.15 Å². The molecule has 0 aliphatic rings. The third-order valence-corrected chi connectivity index (χ3v) is 1.82. The summed E-state index contributed by atoms with van der Waals surface area (Å²) in [5.41, 5.74) is 6.01. The highest BCUT2D eigenvalue weighted by Crippen LogP contribution is 2.08. The van der Waals surface area contributed by atoms with E-state index in [-0.39, 0.29) is 12.1 Å². The predicted molar refractivity (Wildman–Crippen MR) is 57.1 cm³/mol. The average Bonchev–Trinajstić information content (AvgIpc) is 2.27. The maximum absolute atomic E-state index is 8.53. The number of rotatable bonds is 3. The van der Waals surface area contributed by atoms with Crippen LogP contribution in [0.25, 0.3) is 0 Å². The number of nitrogens with zero attached hydrogens (tertiary/aromatic N) is 4. The minimum Gasteiger partial charge on any atom is -0.403 e. The van der Waals surface area contributed by atoms with Crippen molar-refractivity contribution in [1.29, 1.82) is 5.26 Å². The van der Waals surface area contributed by atoms with Gasteiger partial charge in [0.15, 0.2) is 5.15 Å². The fourth-order valence-electron chi connectivity index (χ4n) is 0.796. The van der Waals surface area contributed by atoms with Gasteiger partial charge < -0.3 is 5.73 Å². The lowest BCUT2D eigenvalue weighted by Crippen LogP contribution is -1.93. The molecule has 0 unspecified atom stereocenters. The Morgan fingerprint density at radius 1 is 1.60 bits per heavy atom. The number of hydrogen-bond acceptors (Lipinski definition) is 5. The number of aliphatic imine (C=N–C) groups is 1. The molecule has 0 amide bonds. The Balaban J connectivity index is 2.66. The highest BCUT2D eigenvalue weighted by molar-refractivity contribution is 6.29. The van der Waals surface area contributed by atoms with Gasteiger partial charge in [-0.25, -0.2) is 4.98 Å². The molecule has 0 radical (unpaired) electrons. The smallest absolute Gasteiger partial charge is 0.152 e. The molecule has 1 rings (SSSR count). The van der Waals surface area contributed by atoms with Crippen molar-refractivity contribution >= 4 is 17.8 Å². The third kappa shape index (κ3) is 3.37. The molecule has 2 N–H and O–H groups in total. The maximum atomic E-state index is 8.53. The number of hydrogen-bond donors (Lipinski definition) is 1. The van der Waals surface area contributed by atoms with Gasteiger partial charge in [-0.05, 0) is 0 Å². The lowest BCUT2D eigenvalue weighted by molar-refractivity contribution is 0.968.